The van der Waals surface area contributed by atoms with Crippen molar-refractivity contribution in [2.45, 2.75) is 13.3 Å². The molecule has 0 amide bonds. The van der Waals surface area contributed by atoms with E-state index >= 15 is 0 Å². The second kappa shape index (κ2) is 7.09. The highest BCUT2D eigenvalue weighted by atomic mass is 19.1. The van der Waals surface area contributed by atoms with Crippen LogP contribution in [0.1, 0.15) is 23.7 Å². The Morgan fingerprint density at radius 3 is 2.47 bits per heavy atom. The predicted octanol–water partition coefficient (Wildman–Crippen LogP) is 2.30. The van der Waals surface area contributed by atoms with E-state index in [1.54, 1.807) is 6.07 Å². The summed E-state index contributed by atoms with van der Waals surface area (Å²) < 4.78 is 13.6. The molecule has 0 saturated heterocycles. The number of hydrogen-bond donors (Lipinski definition) is 1. The van der Waals surface area contributed by atoms with E-state index < -0.39 is 11.8 Å². The first-order valence-corrected chi connectivity index (χ1v) is 6.38. The fourth-order valence-electron chi connectivity index (χ4n) is 1.92. The van der Waals surface area contributed by atoms with E-state index in [4.69, 9.17) is 5.11 Å². The standard InChI is InChI=1S/C14H21FN2O2/c1-4-17(9-5-8-16(2)3)11-6-7-12(14(18)19)13(15)10-11/h6-7,10H,4-5,8-9H2,1-3H3,(H,18,19). The number of rotatable bonds is 7. The normalized spacial score (nSPS) is 10.8. The zero-order chi connectivity index (χ0) is 14.4. The Balaban J connectivity index is 2.76. The third kappa shape index (κ3) is 4.52. The molecule has 1 aromatic carbocycles. The Morgan fingerprint density at radius 2 is 2.00 bits per heavy atom. The number of benzene rings is 1. The molecule has 0 aliphatic carbocycles. The number of carbonyl (C=O) groups is 1. The maximum atomic E-state index is 13.6. The minimum absolute atomic E-state index is 0.284. The molecule has 0 bridgehead atoms. The lowest BCUT2D eigenvalue weighted by atomic mass is 10.1. The molecule has 0 saturated carbocycles. The Morgan fingerprint density at radius 1 is 1.32 bits per heavy atom. The zero-order valence-electron chi connectivity index (χ0n) is 11.7. The van der Waals surface area contributed by atoms with E-state index in [9.17, 15) is 9.18 Å². The summed E-state index contributed by atoms with van der Waals surface area (Å²) >= 11 is 0. The fraction of sp³-hybridized carbons (Fsp3) is 0.500. The van der Waals surface area contributed by atoms with E-state index in [0.717, 1.165) is 31.7 Å². The maximum absolute atomic E-state index is 13.6. The number of nitrogens with zero attached hydrogens (tertiary/aromatic N) is 2. The number of anilines is 1. The number of halogens is 1. The van der Waals surface area contributed by atoms with Gasteiger partial charge >= 0.3 is 5.97 Å². The Hall–Kier alpha value is -1.62. The quantitative estimate of drug-likeness (QED) is 0.824. The van der Waals surface area contributed by atoms with Crippen LogP contribution in [0.25, 0.3) is 0 Å². The summed E-state index contributed by atoms with van der Waals surface area (Å²) in [6.07, 6.45) is 0.975. The molecule has 4 nitrogen and oxygen atoms in total. The maximum Gasteiger partial charge on any atom is 0.338 e. The van der Waals surface area contributed by atoms with Crippen LogP contribution >= 0.6 is 0 Å². The summed E-state index contributed by atoms with van der Waals surface area (Å²) in [5, 5.41) is 8.80. The lowest BCUT2D eigenvalue weighted by Crippen LogP contribution is -2.27. The summed E-state index contributed by atoms with van der Waals surface area (Å²) in [6.45, 7) is 4.55. The van der Waals surface area contributed by atoms with E-state index in [0.29, 0.717) is 0 Å². The van der Waals surface area contributed by atoms with Crippen LogP contribution in [0.2, 0.25) is 0 Å². The summed E-state index contributed by atoms with van der Waals surface area (Å²) in [5.74, 6) is -1.92. The number of carboxylic acid groups (broad SMARTS) is 1. The second-order valence-electron chi connectivity index (χ2n) is 4.71. The van der Waals surface area contributed by atoms with Crippen molar-refractivity contribution in [3.05, 3.63) is 29.6 Å². The van der Waals surface area contributed by atoms with Crippen molar-refractivity contribution in [2.24, 2.45) is 0 Å². The van der Waals surface area contributed by atoms with Gasteiger partial charge in [0.1, 0.15) is 5.82 Å². The molecule has 0 heterocycles. The van der Waals surface area contributed by atoms with Gasteiger partial charge in [0.25, 0.3) is 0 Å². The third-order valence-corrected chi connectivity index (χ3v) is 2.96. The molecular formula is C14H21FN2O2. The first kappa shape index (κ1) is 15.4. The molecule has 0 unspecified atom stereocenters. The van der Waals surface area contributed by atoms with Crippen molar-refractivity contribution < 1.29 is 14.3 Å². The van der Waals surface area contributed by atoms with Crippen molar-refractivity contribution in [3.8, 4) is 0 Å². The van der Waals surface area contributed by atoms with Crippen LogP contribution in [0.15, 0.2) is 18.2 Å². The van der Waals surface area contributed by atoms with Gasteiger partial charge < -0.3 is 14.9 Å². The molecule has 1 N–H and O–H groups in total. The van der Waals surface area contributed by atoms with Crippen LogP contribution in [0.3, 0.4) is 0 Å². The summed E-state index contributed by atoms with van der Waals surface area (Å²) in [6, 6.07) is 4.27. The van der Waals surface area contributed by atoms with Crippen LogP contribution < -0.4 is 4.90 Å². The molecule has 106 valence electrons. The molecule has 0 aromatic heterocycles. The van der Waals surface area contributed by atoms with Crippen LogP contribution in [0.5, 0.6) is 0 Å². The monoisotopic (exact) mass is 268 g/mol. The predicted molar refractivity (Wildman–Crippen MR) is 74.4 cm³/mol. The summed E-state index contributed by atoms with van der Waals surface area (Å²) in [7, 11) is 4.02. The average Bonchev–Trinajstić information content (AvgIpc) is 2.33. The van der Waals surface area contributed by atoms with Crippen LogP contribution in [0, 0.1) is 5.82 Å². The molecule has 0 atom stereocenters. The summed E-state index contributed by atoms with van der Waals surface area (Å²) in [4.78, 5) is 14.9. The Kier molecular flexibility index (Phi) is 5.76. The molecule has 1 rings (SSSR count). The zero-order valence-corrected chi connectivity index (χ0v) is 11.7. The average molecular weight is 268 g/mol. The van der Waals surface area contributed by atoms with Gasteiger partial charge in [-0.15, -0.1) is 0 Å². The van der Waals surface area contributed by atoms with E-state index in [2.05, 4.69) is 4.90 Å². The van der Waals surface area contributed by atoms with Crippen LogP contribution in [0.4, 0.5) is 10.1 Å². The first-order chi connectivity index (χ1) is 8.95. The largest absolute Gasteiger partial charge is 0.478 e. The topological polar surface area (TPSA) is 43.8 Å². The highest BCUT2D eigenvalue weighted by Gasteiger charge is 2.12. The highest BCUT2D eigenvalue weighted by molar-refractivity contribution is 5.88. The van der Waals surface area contributed by atoms with Gasteiger partial charge in [-0.05, 0) is 52.2 Å². The lowest BCUT2D eigenvalue weighted by molar-refractivity contribution is 0.0692. The Labute approximate surface area is 113 Å². The second-order valence-corrected chi connectivity index (χ2v) is 4.71. The van der Waals surface area contributed by atoms with Gasteiger partial charge in [-0.25, -0.2) is 9.18 Å². The van der Waals surface area contributed by atoms with Crippen LogP contribution in [-0.2, 0) is 0 Å². The van der Waals surface area contributed by atoms with Gasteiger partial charge in [-0.3, -0.25) is 0 Å². The van der Waals surface area contributed by atoms with Crippen molar-refractivity contribution in [1.82, 2.24) is 4.90 Å². The van der Waals surface area contributed by atoms with Crippen molar-refractivity contribution in [2.75, 3.05) is 38.6 Å². The number of hydrogen-bond acceptors (Lipinski definition) is 3. The summed E-state index contributed by atoms with van der Waals surface area (Å²) in [5.41, 5.74) is 0.442. The molecule has 0 spiro atoms. The van der Waals surface area contributed by atoms with Crippen molar-refractivity contribution in [3.63, 3.8) is 0 Å². The molecule has 0 fully saturated rings. The molecule has 19 heavy (non-hydrogen) atoms. The molecule has 0 aliphatic rings. The van der Waals surface area contributed by atoms with Gasteiger partial charge in [-0.2, -0.15) is 0 Å². The van der Waals surface area contributed by atoms with E-state index in [-0.39, 0.29) is 5.56 Å². The van der Waals surface area contributed by atoms with Gasteiger partial charge in [-0.1, -0.05) is 0 Å². The van der Waals surface area contributed by atoms with Crippen LogP contribution in [-0.4, -0.2) is 49.7 Å². The molecular weight excluding hydrogens is 247 g/mol. The minimum Gasteiger partial charge on any atom is -0.478 e. The van der Waals surface area contributed by atoms with E-state index in [1.807, 2.05) is 25.9 Å². The fourth-order valence-corrected chi connectivity index (χ4v) is 1.92. The minimum atomic E-state index is -1.24. The van der Waals surface area contributed by atoms with Gasteiger partial charge in [0.2, 0.25) is 0 Å². The molecule has 5 heteroatoms. The smallest absolute Gasteiger partial charge is 0.338 e. The highest BCUT2D eigenvalue weighted by Crippen LogP contribution is 2.19. The Bertz CT molecular complexity index is 435. The molecule has 0 radical (unpaired) electrons. The number of carboxylic acids is 1. The SMILES string of the molecule is CCN(CCCN(C)C)c1ccc(C(=O)O)c(F)c1. The molecule has 0 aliphatic heterocycles. The van der Waals surface area contributed by atoms with Crippen molar-refractivity contribution in [1.29, 1.82) is 0 Å². The van der Waals surface area contributed by atoms with Gasteiger partial charge in [0.05, 0.1) is 5.56 Å². The third-order valence-electron chi connectivity index (χ3n) is 2.96. The van der Waals surface area contributed by atoms with Crippen molar-refractivity contribution >= 4 is 11.7 Å². The lowest BCUT2D eigenvalue weighted by Gasteiger charge is -2.24. The van der Waals surface area contributed by atoms with Gasteiger partial charge in [0.15, 0.2) is 0 Å². The molecule has 1 aromatic rings. The van der Waals surface area contributed by atoms with Gasteiger partial charge in [0, 0.05) is 18.8 Å². The van der Waals surface area contributed by atoms with E-state index in [1.165, 1.54) is 12.1 Å². The first-order valence-electron chi connectivity index (χ1n) is 6.38. The number of aromatic carboxylic acids is 1.